The van der Waals surface area contributed by atoms with Gasteiger partial charge in [-0.3, -0.25) is 9.78 Å². The van der Waals surface area contributed by atoms with Crippen LogP contribution in [0.25, 0.3) is 5.69 Å². The molecule has 0 saturated carbocycles. The summed E-state index contributed by atoms with van der Waals surface area (Å²) in [7, 11) is 0. The molecular weight excluding hydrogens is 338 g/mol. The van der Waals surface area contributed by atoms with Crippen LogP contribution in [0.2, 0.25) is 0 Å². The van der Waals surface area contributed by atoms with Crippen LogP contribution < -0.4 is 10.5 Å². The third-order valence-electron chi connectivity index (χ3n) is 5.28. The standard InChI is InChI=1S/C21H25N5O/c1-16-10-20(14-22-12-16)26-15-18(13-23-26)17(2)25-9-6-19(11-21(25)27)24-7-4-3-5-8-24/h6,9-15,17H,3-5,7-8H2,1-2H3. The average Bonchev–Trinajstić information content (AvgIpc) is 3.18. The zero-order valence-electron chi connectivity index (χ0n) is 15.9. The van der Waals surface area contributed by atoms with E-state index < -0.39 is 0 Å². The van der Waals surface area contributed by atoms with Crippen molar-refractivity contribution >= 4 is 5.69 Å². The SMILES string of the molecule is Cc1cncc(-n2cc(C(C)n3ccc(N4CCCCC4)cc3=O)cn2)c1. The maximum atomic E-state index is 12.7. The summed E-state index contributed by atoms with van der Waals surface area (Å²) in [5.74, 6) is 0. The maximum absolute atomic E-state index is 12.7. The Hall–Kier alpha value is -2.89. The van der Waals surface area contributed by atoms with Crippen molar-refractivity contribution in [2.75, 3.05) is 18.0 Å². The first kappa shape index (κ1) is 17.5. The van der Waals surface area contributed by atoms with Crippen molar-refractivity contribution in [3.8, 4) is 5.69 Å². The molecule has 6 nitrogen and oxygen atoms in total. The van der Waals surface area contributed by atoms with E-state index in [-0.39, 0.29) is 11.6 Å². The second-order valence-electron chi connectivity index (χ2n) is 7.29. The zero-order valence-corrected chi connectivity index (χ0v) is 15.9. The molecule has 0 bridgehead atoms. The van der Waals surface area contributed by atoms with E-state index in [0.717, 1.165) is 35.6 Å². The van der Waals surface area contributed by atoms with Crippen molar-refractivity contribution in [2.45, 2.75) is 39.2 Å². The number of aromatic nitrogens is 4. The van der Waals surface area contributed by atoms with Crippen molar-refractivity contribution in [1.82, 2.24) is 19.3 Å². The molecule has 0 radical (unpaired) electrons. The van der Waals surface area contributed by atoms with Gasteiger partial charge in [0, 0.05) is 49.0 Å². The highest BCUT2D eigenvalue weighted by Gasteiger charge is 2.15. The van der Waals surface area contributed by atoms with Gasteiger partial charge in [-0.2, -0.15) is 5.10 Å². The Bertz CT molecular complexity index is 984. The van der Waals surface area contributed by atoms with Crippen LogP contribution in [-0.2, 0) is 0 Å². The van der Waals surface area contributed by atoms with Crippen LogP contribution in [0.1, 0.15) is 43.4 Å². The predicted molar refractivity (Wildman–Crippen MR) is 107 cm³/mol. The fourth-order valence-corrected chi connectivity index (χ4v) is 3.67. The van der Waals surface area contributed by atoms with Gasteiger partial charge in [-0.1, -0.05) is 0 Å². The molecule has 3 aromatic rings. The number of piperidine rings is 1. The van der Waals surface area contributed by atoms with Gasteiger partial charge in [0.2, 0.25) is 0 Å². The van der Waals surface area contributed by atoms with E-state index in [4.69, 9.17) is 0 Å². The normalized spacial score (nSPS) is 15.7. The van der Waals surface area contributed by atoms with Gasteiger partial charge in [0.1, 0.15) is 0 Å². The van der Waals surface area contributed by atoms with Gasteiger partial charge in [-0.15, -0.1) is 0 Å². The minimum atomic E-state index is -0.0839. The number of rotatable bonds is 4. The second kappa shape index (κ2) is 7.39. The third-order valence-corrected chi connectivity index (χ3v) is 5.28. The Kier molecular flexibility index (Phi) is 4.79. The number of aryl methyl sites for hydroxylation is 1. The van der Waals surface area contributed by atoms with Crippen molar-refractivity contribution in [2.24, 2.45) is 0 Å². The van der Waals surface area contributed by atoms with Crippen molar-refractivity contribution in [3.05, 3.63) is 70.7 Å². The summed E-state index contributed by atoms with van der Waals surface area (Å²) < 4.78 is 3.57. The molecule has 1 atom stereocenters. The van der Waals surface area contributed by atoms with E-state index in [2.05, 4.69) is 21.0 Å². The summed E-state index contributed by atoms with van der Waals surface area (Å²) in [6, 6.07) is 5.77. The van der Waals surface area contributed by atoms with E-state index in [1.54, 1.807) is 21.5 Å². The number of nitrogens with zero attached hydrogens (tertiary/aromatic N) is 5. The fourth-order valence-electron chi connectivity index (χ4n) is 3.67. The summed E-state index contributed by atoms with van der Waals surface area (Å²) in [6.07, 6.45) is 13.0. The number of hydrogen-bond donors (Lipinski definition) is 0. The molecule has 0 N–H and O–H groups in total. The van der Waals surface area contributed by atoms with Crippen LogP contribution in [-0.4, -0.2) is 32.4 Å². The van der Waals surface area contributed by atoms with Crippen molar-refractivity contribution < 1.29 is 0 Å². The largest absolute Gasteiger partial charge is 0.371 e. The van der Waals surface area contributed by atoms with Gasteiger partial charge in [-0.25, -0.2) is 4.68 Å². The number of pyridine rings is 2. The Morgan fingerprint density at radius 3 is 2.59 bits per heavy atom. The van der Waals surface area contributed by atoms with Crippen LogP contribution in [0.15, 0.2) is 54.0 Å². The summed E-state index contributed by atoms with van der Waals surface area (Å²) in [5, 5.41) is 4.45. The monoisotopic (exact) mass is 363 g/mol. The highest BCUT2D eigenvalue weighted by atomic mass is 16.1. The molecule has 0 aliphatic carbocycles. The number of anilines is 1. The molecule has 1 unspecified atom stereocenters. The maximum Gasteiger partial charge on any atom is 0.253 e. The lowest BCUT2D eigenvalue weighted by atomic mass is 10.1. The minimum Gasteiger partial charge on any atom is -0.371 e. The van der Waals surface area contributed by atoms with Crippen LogP contribution in [0.5, 0.6) is 0 Å². The van der Waals surface area contributed by atoms with Crippen molar-refractivity contribution in [3.63, 3.8) is 0 Å². The molecule has 27 heavy (non-hydrogen) atoms. The Labute approximate surface area is 159 Å². The summed E-state index contributed by atoms with van der Waals surface area (Å²) >= 11 is 0. The lowest BCUT2D eigenvalue weighted by Crippen LogP contribution is -2.31. The molecule has 1 aliphatic rings. The Balaban J connectivity index is 1.58. The lowest BCUT2D eigenvalue weighted by Gasteiger charge is -2.29. The topological polar surface area (TPSA) is 56.0 Å². The minimum absolute atomic E-state index is 0.0237. The molecule has 1 aliphatic heterocycles. The van der Waals surface area contributed by atoms with Gasteiger partial charge in [0.15, 0.2) is 0 Å². The van der Waals surface area contributed by atoms with Gasteiger partial charge in [0.05, 0.1) is 24.1 Å². The van der Waals surface area contributed by atoms with E-state index in [0.29, 0.717) is 0 Å². The van der Waals surface area contributed by atoms with Crippen LogP contribution in [0.4, 0.5) is 5.69 Å². The van der Waals surface area contributed by atoms with Crippen molar-refractivity contribution in [1.29, 1.82) is 0 Å². The van der Waals surface area contributed by atoms with Crippen LogP contribution in [0, 0.1) is 6.92 Å². The Morgan fingerprint density at radius 1 is 1.04 bits per heavy atom. The summed E-state index contributed by atoms with van der Waals surface area (Å²) in [4.78, 5) is 19.2. The molecule has 140 valence electrons. The first-order chi connectivity index (χ1) is 13.1. The average molecular weight is 363 g/mol. The van der Waals surface area contributed by atoms with Gasteiger partial charge in [0.25, 0.3) is 5.56 Å². The molecular formula is C21H25N5O. The molecule has 1 saturated heterocycles. The van der Waals surface area contributed by atoms with E-state index >= 15 is 0 Å². The highest BCUT2D eigenvalue weighted by molar-refractivity contribution is 5.45. The first-order valence-electron chi connectivity index (χ1n) is 9.55. The molecule has 0 amide bonds. The smallest absolute Gasteiger partial charge is 0.253 e. The lowest BCUT2D eigenvalue weighted by molar-refractivity contribution is 0.573. The highest BCUT2D eigenvalue weighted by Crippen LogP contribution is 2.21. The molecule has 4 heterocycles. The van der Waals surface area contributed by atoms with E-state index in [1.165, 1.54) is 19.3 Å². The summed E-state index contributed by atoms with van der Waals surface area (Å²) in [5.41, 5.74) is 4.05. The fraction of sp³-hybridized carbons (Fsp3) is 0.381. The zero-order chi connectivity index (χ0) is 18.8. The van der Waals surface area contributed by atoms with Crippen LogP contribution >= 0.6 is 0 Å². The third kappa shape index (κ3) is 3.65. The molecule has 0 aromatic carbocycles. The van der Waals surface area contributed by atoms with Crippen LogP contribution in [0.3, 0.4) is 0 Å². The number of hydrogen-bond acceptors (Lipinski definition) is 4. The molecule has 1 fully saturated rings. The second-order valence-corrected chi connectivity index (χ2v) is 7.29. The van der Waals surface area contributed by atoms with E-state index in [1.807, 2.05) is 44.7 Å². The molecule has 0 spiro atoms. The van der Waals surface area contributed by atoms with E-state index in [9.17, 15) is 4.79 Å². The molecule has 3 aromatic heterocycles. The van der Waals surface area contributed by atoms with Gasteiger partial charge in [-0.05, 0) is 50.8 Å². The predicted octanol–water partition coefficient (Wildman–Crippen LogP) is 3.34. The first-order valence-corrected chi connectivity index (χ1v) is 9.55. The van der Waals surface area contributed by atoms with Gasteiger partial charge >= 0.3 is 0 Å². The Morgan fingerprint density at radius 2 is 1.85 bits per heavy atom. The molecule has 4 rings (SSSR count). The quantitative estimate of drug-likeness (QED) is 0.713. The van der Waals surface area contributed by atoms with Gasteiger partial charge < -0.3 is 9.47 Å². The summed E-state index contributed by atoms with van der Waals surface area (Å²) in [6.45, 7) is 6.11. The molecule has 6 heteroatoms.